The molecule has 0 radical (unpaired) electrons. The Morgan fingerprint density at radius 1 is 1.41 bits per heavy atom. The van der Waals surface area contributed by atoms with Crippen LogP contribution in [0.1, 0.15) is 23.0 Å². The molecule has 17 heavy (non-hydrogen) atoms. The zero-order valence-corrected chi connectivity index (χ0v) is 11.6. The molecule has 90 valence electrons. The van der Waals surface area contributed by atoms with Crippen molar-refractivity contribution in [1.29, 1.82) is 0 Å². The van der Waals surface area contributed by atoms with Gasteiger partial charge in [0.15, 0.2) is 0 Å². The Morgan fingerprint density at radius 3 is 2.76 bits per heavy atom. The lowest BCUT2D eigenvalue weighted by atomic mass is 10.0. The third-order valence-electron chi connectivity index (χ3n) is 2.76. The quantitative estimate of drug-likeness (QED) is 0.946. The molecule has 2 aromatic rings. The monoisotopic (exact) mass is 293 g/mol. The number of hydrogen-bond acceptors (Lipinski definition) is 2. The maximum absolute atomic E-state index is 6.22. The third-order valence-corrected chi connectivity index (χ3v) is 3.26. The summed E-state index contributed by atoms with van der Waals surface area (Å²) in [6.07, 6.45) is 0.818. The molecule has 0 spiro atoms. The SMILES string of the molecule is Cc1cc(C(N)Cc2cccc(Br)c2)n(C)n1. The van der Waals surface area contributed by atoms with Gasteiger partial charge in [-0.25, -0.2) is 0 Å². The fourth-order valence-corrected chi connectivity index (χ4v) is 2.45. The predicted octanol–water partition coefficient (Wildman–Crippen LogP) is 2.73. The predicted molar refractivity (Wildman–Crippen MR) is 72.7 cm³/mol. The molecule has 2 rings (SSSR count). The van der Waals surface area contributed by atoms with Gasteiger partial charge >= 0.3 is 0 Å². The average molecular weight is 294 g/mol. The lowest BCUT2D eigenvalue weighted by molar-refractivity contribution is 0.615. The first-order chi connectivity index (χ1) is 8.06. The van der Waals surface area contributed by atoms with E-state index in [-0.39, 0.29) is 6.04 Å². The van der Waals surface area contributed by atoms with Gasteiger partial charge in [-0.05, 0) is 37.1 Å². The van der Waals surface area contributed by atoms with E-state index in [2.05, 4.69) is 33.2 Å². The molecule has 0 amide bonds. The summed E-state index contributed by atoms with van der Waals surface area (Å²) in [4.78, 5) is 0. The smallest absolute Gasteiger partial charge is 0.0597 e. The van der Waals surface area contributed by atoms with E-state index in [1.165, 1.54) is 5.56 Å². The summed E-state index contributed by atoms with van der Waals surface area (Å²) in [5.41, 5.74) is 9.52. The number of hydrogen-bond donors (Lipinski definition) is 1. The van der Waals surface area contributed by atoms with Crippen molar-refractivity contribution >= 4 is 15.9 Å². The van der Waals surface area contributed by atoms with Crippen molar-refractivity contribution in [2.45, 2.75) is 19.4 Å². The number of halogens is 1. The fraction of sp³-hybridized carbons (Fsp3) is 0.308. The molecular weight excluding hydrogens is 278 g/mol. The van der Waals surface area contributed by atoms with Crippen molar-refractivity contribution in [2.24, 2.45) is 12.8 Å². The second-order valence-electron chi connectivity index (χ2n) is 4.27. The number of benzene rings is 1. The highest BCUT2D eigenvalue weighted by Crippen LogP contribution is 2.19. The molecule has 1 aromatic heterocycles. The van der Waals surface area contributed by atoms with Crippen LogP contribution in [0.15, 0.2) is 34.8 Å². The standard InChI is InChI=1S/C13H16BrN3/c1-9-6-13(17(2)16-9)12(15)8-10-4-3-5-11(14)7-10/h3-7,12H,8,15H2,1-2H3. The highest BCUT2D eigenvalue weighted by atomic mass is 79.9. The molecule has 1 aromatic carbocycles. The summed E-state index contributed by atoms with van der Waals surface area (Å²) >= 11 is 3.47. The van der Waals surface area contributed by atoms with Crippen molar-refractivity contribution in [3.8, 4) is 0 Å². The van der Waals surface area contributed by atoms with Crippen LogP contribution in [0.3, 0.4) is 0 Å². The number of nitrogens with zero attached hydrogens (tertiary/aromatic N) is 2. The molecular formula is C13H16BrN3. The number of rotatable bonds is 3. The second kappa shape index (κ2) is 5.02. The van der Waals surface area contributed by atoms with Gasteiger partial charge in [-0.2, -0.15) is 5.10 Å². The average Bonchev–Trinajstić information content (AvgIpc) is 2.58. The summed E-state index contributed by atoms with van der Waals surface area (Å²) in [6.45, 7) is 1.98. The van der Waals surface area contributed by atoms with E-state index < -0.39 is 0 Å². The normalized spacial score (nSPS) is 12.7. The number of nitrogens with two attached hydrogens (primary N) is 1. The zero-order valence-electron chi connectivity index (χ0n) is 10.0. The van der Waals surface area contributed by atoms with Gasteiger partial charge < -0.3 is 5.73 Å². The number of aromatic nitrogens is 2. The summed E-state index contributed by atoms with van der Waals surface area (Å²) < 4.78 is 2.95. The lowest BCUT2D eigenvalue weighted by Gasteiger charge is -2.12. The molecule has 0 aliphatic rings. The van der Waals surface area contributed by atoms with E-state index in [0.717, 1.165) is 22.3 Å². The zero-order chi connectivity index (χ0) is 12.4. The molecule has 4 heteroatoms. The maximum Gasteiger partial charge on any atom is 0.0597 e. The Labute approximate surface area is 110 Å². The van der Waals surface area contributed by atoms with Gasteiger partial charge in [0.2, 0.25) is 0 Å². The summed E-state index contributed by atoms with van der Waals surface area (Å²) in [5.74, 6) is 0. The minimum absolute atomic E-state index is 0.0181. The molecule has 0 saturated carbocycles. The van der Waals surface area contributed by atoms with Crippen molar-refractivity contribution in [3.05, 3.63) is 51.8 Å². The van der Waals surface area contributed by atoms with E-state index in [9.17, 15) is 0 Å². The molecule has 3 nitrogen and oxygen atoms in total. The van der Waals surface area contributed by atoms with Crippen molar-refractivity contribution < 1.29 is 0 Å². The molecule has 0 aliphatic carbocycles. The molecule has 0 saturated heterocycles. The fourth-order valence-electron chi connectivity index (χ4n) is 2.00. The molecule has 0 bridgehead atoms. The number of aryl methyl sites for hydroxylation is 2. The van der Waals surface area contributed by atoms with Crippen molar-refractivity contribution in [1.82, 2.24) is 9.78 Å². The summed E-state index contributed by atoms with van der Waals surface area (Å²) in [5, 5.41) is 4.32. The molecule has 1 heterocycles. The molecule has 1 atom stereocenters. The third kappa shape index (κ3) is 2.96. The van der Waals surface area contributed by atoms with E-state index in [4.69, 9.17) is 5.73 Å². The largest absolute Gasteiger partial charge is 0.322 e. The van der Waals surface area contributed by atoms with Gasteiger partial charge in [0, 0.05) is 11.5 Å². The minimum Gasteiger partial charge on any atom is -0.322 e. The lowest BCUT2D eigenvalue weighted by Crippen LogP contribution is -2.17. The van der Waals surface area contributed by atoms with E-state index in [1.54, 1.807) is 0 Å². The van der Waals surface area contributed by atoms with Crippen LogP contribution in [0.5, 0.6) is 0 Å². The van der Waals surface area contributed by atoms with E-state index in [0.29, 0.717) is 0 Å². The summed E-state index contributed by atoms with van der Waals surface area (Å²) in [7, 11) is 1.93. The first-order valence-corrected chi connectivity index (χ1v) is 6.36. The van der Waals surface area contributed by atoms with Gasteiger partial charge in [-0.3, -0.25) is 4.68 Å². The van der Waals surface area contributed by atoms with Crippen LogP contribution in [0.4, 0.5) is 0 Å². The van der Waals surface area contributed by atoms with Crippen LogP contribution < -0.4 is 5.73 Å². The van der Waals surface area contributed by atoms with E-state index >= 15 is 0 Å². The van der Waals surface area contributed by atoms with Crippen LogP contribution in [-0.4, -0.2) is 9.78 Å². The van der Waals surface area contributed by atoms with Crippen LogP contribution in [0, 0.1) is 6.92 Å². The Kier molecular flexibility index (Phi) is 3.64. The maximum atomic E-state index is 6.22. The topological polar surface area (TPSA) is 43.8 Å². The van der Waals surface area contributed by atoms with Gasteiger partial charge in [0.25, 0.3) is 0 Å². The Hall–Kier alpha value is -1.13. The highest BCUT2D eigenvalue weighted by Gasteiger charge is 2.12. The Bertz CT molecular complexity index is 519. The van der Waals surface area contributed by atoms with Gasteiger partial charge in [0.05, 0.1) is 17.4 Å². The molecule has 2 N–H and O–H groups in total. The molecule has 0 fully saturated rings. The van der Waals surface area contributed by atoms with Gasteiger partial charge in [-0.1, -0.05) is 28.1 Å². The Morgan fingerprint density at radius 2 is 2.18 bits per heavy atom. The van der Waals surface area contributed by atoms with Crippen molar-refractivity contribution in [2.75, 3.05) is 0 Å². The first-order valence-electron chi connectivity index (χ1n) is 5.57. The van der Waals surface area contributed by atoms with Crippen LogP contribution >= 0.6 is 15.9 Å². The van der Waals surface area contributed by atoms with E-state index in [1.807, 2.05) is 36.9 Å². The van der Waals surface area contributed by atoms with Crippen LogP contribution in [0.2, 0.25) is 0 Å². The van der Waals surface area contributed by atoms with Crippen LogP contribution in [0.25, 0.3) is 0 Å². The van der Waals surface area contributed by atoms with Gasteiger partial charge in [0.1, 0.15) is 0 Å². The Balaban J connectivity index is 2.16. The van der Waals surface area contributed by atoms with Crippen LogP contribution in [-0.2, 0) is 13.5 Å². The first kappa shape index (κ1) is 12.3. The second-order valence-corrected chi connectivity index (χ2v) is 5.19. The molecule has 1 unspecified atom stereocenters. The molecule has 0 aliphatic heterocycles. The summed E-state index contributed by atoms with van der Waals surface area (Å²) in [6, 6.07) is 10.3. The highest BCUT2D eigenvalue weighted by molar-refractivity contribution is 9.10. The van der Waals surface area contributed by atoms with Gasteiger partial charge in [-0.15, -0.1) is 0 Å². The van der Waals surface area contributed by atoms with Crippen molar-refractivity contribution in [3.63, 3.8) is 0 Å². The minimum atomic E-state index is -0.0181.